The van der Waals surface area contributed by atoms with Crippen LogP contribution in [0.1, 0.15) is 46.0 Å². The van der Waals surface area contributed by atoms with Crippen LogP contribution >= 0.6 is 0 Å². The molecule has 2 aromatic carbocycles. The molecule has 0 fully saturated rings. The second-order valence-electron chi connectivity index (χ2n) is 5.18. The number of fused-ring (bicyclic) bond motifs is 1. The van der Waals surface area contributed by atoms with Crippen molar-refractivity contribution in [3.05, 3.63) is 59.2 Å². The van der Waals surface area contributed by atoms with Crippen LogP contribution in [-0.2, 0) is 4.74 Å². The smallest absolute Gasteiger partial charge is 0.347 e. The van der Waals surface area contributed by atoms with Gasteiger partial charge in [0.1, 0.15) is 11.5 Å². The van der Waals surface area contributed by atoms with Gasteiger partial charge in [-0.3, -0.25) is 0 Å². The number of para-hydroxylation sites is 1. The summed E-state index contributed by atoms with van der Waals surface area (Å²) in [5, 5.41) is 0. The molecule has 4 heteroatoms. The summed E-state index contributed by atoms with van der Waals surface area (Å²) in [5.41, 5.74) is 1.61. The van der Waals surface area contributed by atoms with Gasteiger partial charge in [-0.2, -0.15) is 0 Å². The van der Waals surface area contributed by atoms with Gasteiger partial charge in [0.15, 0.2) is 0 Å². The van der Waals surface area contributed by atoms with Crippen molar-refractivity contribution in [2.75, 3.05) is 0 Å². The van der Waals surface area contributed by atoms with Crippen LogP contribution in [0, 0.1) is 0 Å². The largest absolute Gasteiger partial charge is 0.457 e. The van der Waals surface area contributed by atoms with Crippen LogP contribution in [0.3, 0.4) is 0 Å². The Labute approximate surface area is 122 Å². The zero-order chi connectivity index (χ0) is 15.0. The minimum atomic E-state index is -0.627. The quantitative estimate of drug-likeness (QED) is 0.632. The molecule has 0 radical (unpaired) electrons. The number of esters is 2. The van der Waals surface area contributed by atoms with Gasteiger partial charge < -0.3 is 9.47 Å². The highest BCUT2D eigenvalue weighted by atomic mass is 16.6. The van der Waals surface area contributed by atoms with Crippen LogP contribution in [0.4, 0.5) is 0 Å². The summed E-state index contributed by atoms with van der Waals surface area (Å²) in [5.74, 6) is 0.336. The number of rotatable bonds is 3. The highest BCUT2D eigenvalue weighted by Crippen LogP contribution is 2.32. The summed E-state index contributed by atoms with van der Waals surface area (Å²) in [7, 11) is 0. The molecule has 0 amide bonds. The van der Waals surface area contributed by atoms with Crippen molar-refractivity contribution in [2.24, 2.45) is 0 Å². The Kier molecular flexibility index (Phi) is 3.22. The van der Waals surface area contributed by atoms with Crippen LogP contribution in [0.15, 0.2) is 42.5 Å². The van der Waals surface area contributed by atoms with E-state index in [1.807, 2.05) is 24.3 Å². The van der Waals surface area contributed by atoms with Crippen LogP contribution in [0.2, 0.25) is 0 Å². The van der Waals surface area contributed by atoms with Crippen LogP contribution < -0.4 is 4.74 Å². The summed E-state index contributed by atoms with van der Waals surface area (Å²) in [6.45, 7) is 4.17. The maximum absolute atomic E-state index is 11.6. The number of hydrogen-bond acceptors (Lipinski definition) is 4. The fraction of sp³-hybridized carbons (Fsp3) is 0.176. The first-order valence-corrected chi connectivity index (χ1v) is 6.73. The van der Waals surface area contributed by atoms with E-state index >= 15 is 0 Å². The van der Waals surface area contributed by atoms with E-state index in [0.717, 1.165) is 11.3 Å². The normalized spacial score (nSPS) is 13.3. The minimum absolute atomic E-state index is 0.250. The molecular weight excluding hydrogens is 268 g/mol. The van der Waals surface area contributed by atoms with Gasteiger partial charge in [0.05, 0.1) is 11.1 Å². The molecule has 0 saturated carbocycles. The van der Waals surface area contributed by atoms with Crippen LogP contribution in [-0.4, -0.2) is 11.9 Å². The zero-order valence-electron chi connectivity index (χ0n) is 11.8. The van der Waals surface area contributed by atoms with Crippen molar-refractivity contribution in [1.29, 1.82) is 0 Å². The van der Waals surface area contributed by atoms with Gasteiger partial charge in [-0.15, -0.1) is 0 Å². The summed E-state index contributed by atoms with van der Waals surface area (Å²) in [6, 6.07) is 12.5. The van der Waals surface area contributed by atoms with Gasteiger partial charge in [-0.1, -0.05) is 32.0 Å². The number of ether oxygens (including phenoxy) is 2. The number of carbonyl (C=O) groups excluding carboxylic acids is 2. The molecule has 1 heterocycles. The lowest BCUT2D eigenvalue weighted by atomic mass is 10.0. The third kappa shape index (κ3) is 2.40. The average Bonchev–Trinajstić information content (AvgIpc) is 2.74. The molecule has 0 saturated heterocycles. The number of benzene rings is 2. The Morgan fingerprint density at radius 2 is 1.67 bits per heavy atom. The second-order valence-corrected chi connectivity index (χ2v) is 5.18. The fourth-order valence-corrected chi connectivity index (χ4v) is 2.31. The predicted molar refractivity (Wildman–Crippen MR) is 76.8 cm³/mol. The van der Waals surface area contributed by atoms with E-state index in [2.05, 4.69) is 18.6 Å². The van der Waals surface area contributed by atoms with Gasteiger partial charge in [-0.05, 0) is 35.7 Å². The fourth-order valence-electron chi connectivity index (χ4n) is 2.31. The minimum Gasteiger partial charge on any atom is -0.457 e. The zero-order valence-corrected chi connectivity index (χ0v) is 11.8. The Bertz CT molecular complexity index is 731. The van der Waals surface area contributed by atoms with Crippen molar-refractivity contribution >= 4 is 11.9 Å². The van der Waals surface area contributed by atoms with E-state index in [4.69, 9.17) is 4.74 Å². The van der Waals surface area contributed by atoms with Gasteiger partial charge in [0.2, 0.25) is 0 Å². The van der Waals surface area contributed by atoms with Gasteiger partial charge in [-0.25, -0.2) is 9.59 Å². The summed E-state index contributed by atoms with van der Waals surface area (Å²) >= 11 is 0. The number of cyclic esters (lactones) is 2. The van der Waals surface area contributed by atoms with E-state index in [-0.39, 0.29) is 11.1 Å². The predicted octanol–water partition coefficient (Wildman–Crippen LogP) is 3.91. The molecule has 0 unspecified atom stereocenters. The SMILES string of the molecule is CC(C)c1ccccc1Oc1ccc2c(c1)C(=O)OC2=O. The molecular formula is C17H14O4. The Morgan fingerprint density at radius 3 is 2.43 bits per heavy atom. The molecule has 3 rings (SSSR count). The maximum Gasteiger partial charge on any atom is 0.347 e. The van der Waals surface area contributed by atoms with Crippen molar-refractivity contribution in [2.45, 2.75) is 19.8 Å². The lowest BCUT2D eigenvalue weighted by Gasteiger charge is -2.13. The number of carbonyl (C=O) groups is 2. The second kappa shape index (κ2) is 5.05. The van der Waals surface area contributed by atoms with Crippen LogP contribution in [0.25, 0.3) is 0 Å². The average molecular weight is 282 g/mol. The van der Waals surface area contributed by atoms with E-state index in [1.165, 1.54) is 0 Å². The Morgan fingerprint density at radius 1 is 0.952 bits per heavy atom. The third-order valence-electron chi connectivity index (χ3n) is 3.39. The highest BCUT2D eigenvalue weighted by Gasteiger charge is 2.30. The van der Waals surface area contributed by atoms with Crippen LogP contribution in [0.5, 0.6) is 11.5 Å². The highest BCUT2D eigenvalue weighted by molar-refractivity contribution is 6.14. The van der Waals surface area contributed by atoms with Crippen molar-refractivity contribution < 1.29 is 19.1 Å². The van der Waals surface area contributed by atoms with E-state index in [1.54, 1.807) is 18.2 Å². The first-order chi connectivity index (χ1) is 10.1. The summed E-state index contributed by atoms with van der Waals surface area (Å²) < 4.78 is 10.4. The maximum atomic E-state index is 11.6. The lowest BCUT2D eigenvalue weighted by Crippen LogP contribution is -1.97. The van der Waals surface area contributed by atoms with Crippen molar-refractivity contribution in [3.8, 4) is 11.5 Å². The molecule has 0 N–H and O–H groups in total. The standard InChI is InChI=1S/C17H14O4/c1-10(2)12-5-3-4-6-15(12)20-11-7-8-13-14(9-11)17(19)21-16(13)18/h3-10H,1-2H3. The van der Waals surface area contributed by atoms with E-state index in [9.17, 15) is 9.59 Å². The third-order valence-corrected chi connectivity index (χ3v) is 3.39. The molecule has 0 aromatic heterocycles. The topological polar surface area (TPSA) is 52.6 Å². The summed E-state index contributed by atoms with van der Waals surface area (Å²) in [4.78, 5) is 23.0. The van der Waals surface area contributed by atoms with E-state index < -0.39 is 11.9 Å². The van der Waals surface area contributed by atoms with Gasteiger partial charge in [0.25, 0.3) is 0 Å². The van der Waals surface area contributed by atoms with Gasteiger partial charge in [0, 0.05) is 0 Å². The first-order valence-electron chi connectivity index (χ1n) is 6.73. The molecule has 1 aliphatic heterocycles. The summed E-state index contributed by atoms with van der Waals surface area (Å²) in [6.07, 6.45) is 0. The molecule has 0 aliphatic carbocycles. The van der Waals surface area contributed by atoms with Gasteiger partial charge >= 0.3 is 11.9 Å². The molecule has 1 aliphatic rings. The molecule has 4 nitrogen and oxygen atoms in total. The number of hydrogen-bond donors (Lipinski definition) is 0. The monoisotopic (exact) mass is 282 g/mol. The molecule has 2 aromatic rings. The van der Waals surface area contributed by atoms with Crippen molar-refractivity contribution in [3.63, 3.8) is 0 Å². The first kappa shape index (κ1) is 13.4. The van der Waals surface area contributed by atoms with Crippen molar-refractivity contribution in [1.82, 2.24) is 0 Å². The molecule has 0 atom stereocenters. The lowest BCUT2D eigenvalue weighted by molar-refractivity contribution is 0.0443. The Hall–Kier alpha value is -2.62. The molecule has 0 bridgehead atoms. The molecule has 0 spiro atoms. The molecule has 21 heavy (non-hydrogen) atoms. The Balaban J connectivity index is 1.95. The molecule has 106 valence electrons. The van der Waals surface area contributed by atoms with E-state index in [0.29, 0.717) is 11.7 Å².